The van der Waals surface area contributed by atoms with Gasteiger partial charge in [0.25, 0.3) is 11.9 Å². The Morgan fingerprint density at radius 1 is 1.30 bits per heavy atom. The first-order chi connectivity index (χ1) is 14.4. The average Bonchev–Trinajstić information content (AvgIpc) is 3.12. The number of nitrogens with two attached hydrogens (primary N) is 1. The number of carbonyl (C=O) groups excluding carboxylic acids is 1. The number of nitrogens with zero attached hydrogens (tertiary/aromatic N) is 2. The van der Waals surface area contributed by atoms with Crippen LogP contribution < -0.4 is 15.8 Å². The Bertz CT molecular complexity index is 1030. The Hall–Kier alpha value is -2.32. The van der Waals surface area contributed by atoms with Crippen molar-refractivity contribution in [1.82, 2.24) is 10.3 Å². The van der Waals surface area contributed by atoms with Gasteiger partial charge in [-0.15, -0.1) is 0 Å². The number of carbonyl (C=O) groups is 1. The maximum absolute atomic E-state index is 12.7. The van der Waals surface area contributed by atoms with Crippen molar-refractivity contribution < 1.29 is 14.3 Å². The normalized spacial score (nSPS) is 29.3. The topological polar surface area (TPSA) is 98.8 Å². The van der Waals surface area contributed by atoms with Crippen molar-refractivity contribution >= 4 is 39.5 Å². The first kappa shape index (κ1) is 19.6. The zero-order valence-corrected chi connectivity index (χ0v) is 18.3. The maximum atomic E-state index is 12.7. The Kier molecular flexibility index (Phi) is 4.86. The third-order valence-corrected chi connectivity index (χ3v) is 6.85. The van der Waals surface area contributed by atoms with Crippen molar-refractivity contribution in [3.05, 3.63) is 57.3 Å². The average molecular weight is 492 g/mol. The predicted octanol–water partition coefficient (Wildman–Crippen LogP) is 3.40. The summed E-state index contributed by atoms with van der Waals surface area (Å²) in [5, 5.41) is 3.61. The Morgan fingerprint density at radius 3 is 2.90 bits per heavy atom. The Balaban J connectivity index is 1.43. The summed E-state index contributed by atoms with van der Waals surface area (Å²) in [5.41, 5.74) is 6.64. The number of fused-ring (bicyclic) bond motifs is 4. The van der Waals surface area contributed by atoms with E-state index in [0.29, 0.717) is 23.7 Å². The lowest BCUT2D eigenvalue weighted by molar-refractivity contribution is -0.00194. The molecule has 156 valence electrons. The van der Waals surface area contributed by atoms with E-state index < -0.39 is 5.54 Å². The molecule has 1 aliphatic carbocycles. The van der Waals surface area contributed by atoms with Crippen LogP contribution in [0.15, 0.2) is 46.0 Å². The van der Waals surface area contributed by atoms with Crippen molar-refractivity contribution in [2.75, 3.05) is 6.61 Å². The minimum Gasteiger partial charge on any atom is -0.490 e. The molecule has 1 fully saturated rings. The molecule has 5 rings (SSSR count). The largest absolute Gasteiger partial charge is 0.490 e. The van der Waals surface area contributed by atoms with Crippen LogP contribution in [0.2, 0.25) is 5.02 Å². The molecule has 3 aliphatic rings. The third kappa shape index (κ3) is 3.32. The van der Waals surface area contributed by atoms with E-state index in [-0.39, 0.29) is 30.0 Å². The molecule has 1 aromatic carbocycles. The molecule has 0 radical (unpaired) electrons. The summed E-state index contributed by atoms with van der Waals surface area (Å²) in [6, 6.07) is 9.39. The van der Waals surface area contributed by atoms with Gasteiger partial charge in [0.15, 0.2) is 0 Å². The molecule has 0 saturated heterocycles. The van der Waals surface area contributed by atoms with Gasteiger partial charge >= 0.3 is 0 Å². The molecule has 1 saturated carbocycles. The van der Waals surface area contributed by atoms with Crippen LogP contribution in [0, 0.1) is 5.92 Å². The van der Waals surface area contributed by atoms with Crippen molar-refractivity contribution in [2.24, 2.45) is 16.6 Å². The predicted molar refractivity (Wildman–Crippen MR) is 116 cm³/mol. The number of aromatic nitrogens is 1. The zero-order chi connectivity index (χ0) is 20.9. The summed E-state index contributed by atoms with van der Waals surface area (Å²) in [7, 11) is 0. The van der Waals surface area contributed by atoms with Gasteiger partial charge in [0.2, 0.25) is 0 Å². The second-order valence-electron chi connectivity index (χ2n) is 7.91. The molecule has 2 unspecified atom stereocenters. The van der Waals surface area contributed by atoms with E-state index in [9.17, 15) is 4.79 Å². The molecular formula is C21H20BrClN4O3. The molecule has 1 amide bonds. The molecule has 7 nitrogen and oxygen atoms in total. The van der Waals surface area contributed by atoms with Crippen LogP contribution in [0.25, 0.3) is 0 Å². The number of hydrogen-bond donors (Lipinski definition) is 2. The highest BCUT2D eigenvalue weighted by Crippen LogP contribution is 2.52. The fraction of sp³-hybridized carbons (Fsp3) is 0.381. The SMILES string of the molecule is NC1=NC2(CO1)c1cc(Br)ccc1O[C@@H]1CC[C@H](NC(=O)c3ccc(Cl)cn3)CC12. The molecule has 2 aromatic rings. The number of aliphatic imine (C=N–C) groups is 1. The number of pyridine rings is 1. The number of amides is 1. The van der Waals surface area contributed by atoms with Crippen LogP contribution in [0.1, 0.15) is 35.3 Å². The van der Waals surface area contributed by atoms with Gasteiger partial charge in [-0.05, 0) is 49.6 Å². The van der Waals surface area contributed by atoms with Crippen molar-refractivity contribution in [2.45, 2.75) is 36.9 Å². The van der Waals surface area contributed by atoms with Gasteiger partial charge in [0.1, 0.15) is 29.7 Å². The molecular weight excluding hydrogens is 472 g/mol. The maximum Gasteiger partial charge on any atom is 0.283 e. The first-order valence-electron chi connectivity index (χ1n) is 9.82. The summed E-state index contributed by atoms with van der Waals surface area (Å²) in [6.07, 6.45) is 3.77. The molecule has 3 N–H and O–H groups in total. The highest BCUT2D eigenvalue weighted by atomic mass is 79.9. The minimum absolute atomic E-state index is 0.0151. The van der Waals surface area contributed by atoms with Gasteiger partial charge in [-0.3, -0.25) is 4.79 Å². The number of hydrogen-bond acceptors (Lipinski definition) is 6. The molecule has 1 spiro atoms. The number of halogens is 2. The standard InChI is InChI=1S/C21H20BrClN4O3/c22-11-1-5-17-14(7-11)21(10-29-20(24)27-21)15-8-13(3-6-18(15)30-17)26-19(28)16-4-2-12(23)9-25-16/h1-2,4-5,7,9,13,15,18H,3,6,8,10H2,(H2,24,27)(H,26,28)/t13-,15?,18+,21?/m0/s1. The van der Waals surface area contributed by atoms with E-state index in [4.69, 9.17) is 31.8 Å². The smallest absolute Gasteiger partial charge is 0.283 e. The van der Waals surface area contributed by atoms with E-state index in [0.717, 1.165) is 28.6 Å². The lowest BCUT2D eigenvalue weighted by Crippen LogP contribution is -2.54. The van der Waals surface area contributed by atoms with Crippen LogP contribution in [-0.4, -0.2) is 35.7 Å². The van der Waals surface area contributed by atoms with Gasteiger partial charge in [-0.25, -0.2) is 9.98 Å². The molecule has 2 aliphatic heterocycles. The number of ether oxygens (including phenoxy) is 2. The van der Waals surface area contributed by atoms with E-state index in [1.807, 2.05) is 18.2 Å². The summed E-state index contributed by atoms with van der Waals surface area (Å²) < 4.78 is 12.9. The second-order valence-corrected chi connectivity index (χ2v) is 9.26. The molecule has 0 bridgehead atoms. The van der Waals surface area contributed by atoms with Crippen LogP contribution in [0.4, 0.5) is 0 Å². The fourth-order valence-electron chi connectivity index (χ4n) is 4.77. The number of benzene rings is 1. The quantitative estimate of drug-likeness (QED) is 0.671. The van der Waals surface area contributed by atoms with E-state index in [1.165, 1.54) is 6.20 Å². The summed E-state index contributed by atoms with van der Waals surface area (Å²) in [4.78, 5) is 21.5. The van der Waals surface area contributed by atoms with Crippen molar-refractivity contribution in [3.63, 3.8) is 0 Å². The highest BCUT2D eigenvalue weighted by Gasteiger charge is 2.55. The minimum atomic E-state index is -0.617. The van der Waals surface area contributed by atoms with Crippen molar-refractivity contribution in [3.8, 4) is 5.75 Å². The molecule has 4 atom stereocenters. The summed E-state index contributed by atoms with van der Waals surface area (Å²) in [5.74, 6) is 0.627. The van der Waals surface area contributed by atoms with Crippen LogP contribution in [-0.2, 0) is 10.3 Å². The fourth-order valence-corrected chi connectivity index (χ4v) is 5.24. The highest BCUT2D eigenvalue weighted by molar-refractivity contribution is 9.10. The summed E-state index contributed by atoms with van der Waals surface area (Å²) >= 11 is 9.42. The second kappa shape index (κ2) is 7.42. The van der Waals surface area contributed by atoms with Gasteiger partial charge in [0.05, 0.1) is 5.02 Å². The molecule has 1 aromatic heterocycles. The van der Waals surface area contributed by atoms with Crippen LogP contribution >= 0.6 is 27.5 Å². The van der Waals surface area contributed by atoms with Crippen molar-refractivity contribution in [1.29, 1.82) is 0 Å². The Morgan fingerprint density at radius 2 is 2.17 bits per heavy atom. The lowest BCUT2D eigenvalue weighted by Gasteiger charge is -2.48. The number of rotatable bonds is 2. The van der Waals surface area contributed by atoms with Gasteiger partial charge in [-0.1, -0.05) is 27.5 Å². The zero-order valence-electron chi connectivity index (χ0n) is 16.0. The van der Waals surface area contributed by atoms with Crippen LogP contribution in [0.3, 0.4) is 0 Å². The van der Waals surface area contributed by atoms with E-state index in [2.05, 4.69) is 26.2 Å². The van der Waals surface area contributed by atoms with E-state index >= 15 is 0 Å². The first-order valence-corrected chi connectivity index (χ1v) is 11.0. The molecule has 9 heteroatoms. The number of amidine groups is 1. The van der Waals surface area contributed by atoms with Gasteiger partial charge < -0.3 is 20.5 Å². The lowest BCUT2D eigenvalue weighted by atomic mass is 9.67. The third-order valence-electron chi connectivity index (χ3n) is 6.13. The molecule has 3 heterocycles. The molecule has 30 heavy (non-hydrogen) atoms. The van der Waals surface area contributed by atoms with Gasteiger partial charge in [-0.2, -0.15) is 0 Å². The van der Waals surface area contributed by atoms with Crippen LogP contribution in [0.5, 0.6) is 5.75 Å². The Labute approximate surface area is 187 Å². The van der Waals surface area contributed by atoms with E-state index in [1.54, 1.807) is 12.1 Å². The monoisotopic (exact) mass is 490 g/mol. The summed E-state index contributed by atoms with van der Waals surface area (Å²) in [6.45, 7) is 0.367. The van der Waals surface area contributed by atoms with Gasteiger partial charge in [0, 0.05) is 28.2 Å². The number of nitrogens with one attached hydrogen (secondary N) is 1.